The van der Waals surface area contributed by atoms with Crippen LogP contribution < -0.4 is 10.2 Å². The Kier molecular flexibility index (Phi) is 5.03. The summed E-state index contributed by atoms with van der Waals surface area (Å²) >= 11 is 0. The van der Waals surface area contributed by atoms with Gasteiger partial charge in [0.2, 0.25) is 5.91 Å². The second-order valence-electron chi connectivity index (χ2n) is 5.81. The molecule has 0 aromatic heterocycles. The number of hydrogen-bond donors (Lipinski definition) is 1. The molecule has 0 aliphatic carbocycles. The fourth-order valence-electron chi connectivity index (χ4n) is 2.61. The largest absolute Gasteiger partial charge is 0.378 e. The molecule has 1 aliphatic heterocycles. The molecule has 22 heavy (non-hydrogen) atoms. The lowest BCUT2D eigenvalue weighted by Gasteiger charge is -2.38. The van der Waals surface area contributed by atoms with E-state index in [1.165, 1.54) is 0 Å². The summed E-state index contributed by atoms with van der Waals surface area (Å²) < 4.78 is 0. The SMILES string of the molecule is CNC(=O)[C@@H]1CN(C(=O)c2cccc(N(C)C)c2)CCN1C. The second-order valence-corrected chi connectivity index (χ2v) is 5.81. The van der Waals surface area contributed by atoms with Crippen LogP contribution in [0.15, 0.2) is 24.3 Å². The topological polar surface area (TPSA) is 55.9 Å². The van der Waals surface area contributed by atoms with Gasteiger partial charge in [0.1, 0.15) is 6.04 Å². The zero-order valence-corrected chi connectivity index (χ0v) is 13.7. The second kappa shape index (κ2) is 6.79. The van der Waals surface area contributed by atoms with Crippen molar-refractivity contribution in [2.75, 3.05) is 52.7 Å². The zero-order chi connectivity index (χ0) is 16.3. The Bertz CT molecular complexity index is 559. The van der Waals surface area contributed by atoms with Gasteiger partial charge in [0.25, 0.3) is 5.91 Å². The number of likely N-dealkylation sites (N-methyl/N-ethyl adjacent to an activating group) is 2. The van der Waals surface area contributed by atoms with Crippen molar-refractivity contribution < 1.29 is 9.59 Å². The van der Waals surface area contributed by atoms with Crippen LogP contribution in [0.1, 0.15) is 10.4 Å². The predicted molar refractivity (Wildman–Crippen MR) is 87.2 cm³/mol. The molecule has 6 nitrogen and oxygen atoms in total. The minimum atomic E-state index is -0.292. The lowest BCUT2D eigenvalue weighted by Crippen LogP contribution is -2.58. The van der Waals surface area contributed by atoms with E-state index in [-0.39, 0.29) is 17.9 Å². The minimum absolute atomic E-state index is 0.0225. The van der Waals surface area contributed by atoms with Gasteiger partial charge in [-0.05, 0) is 25.2 Å². The molecule has 1 heterocycles. The first-order chi connectivity index (χ1) is 10.4. The van der Waals surface area contributed by atoms with Crippen molar-refractivity contribution in [3.05, 3.63) is 29.8 Å². The first-order valence-electron chi connectivity index (χ1n) is 7.42. The van der Waals surface area contributed by atoms with Gasteiger partial charge in [-0.3, -0.25) is 14.5 Å². The average molecular weight is 304 g/mol. The van der Waals surface area contributed by atoms with Gasteiger partial charge in [-0.2, -0.15) is 0 Å². The number of nitrogens with zero attached hydrogens (tertiary/aromatic N) is 3. The van der Waals surface area contributed by atoms with E-state index in [1.54, 1.807) is 11.9 Å². The smallest absolute Gasteiger partial charge is 0.254 e. The molecule has 0 radical (unpaired) electrons. The highest BCUT2D eigenvalue weighted by molar-refractivity contribution is 5.96. The summed E-state index contributed by atoms with van der Waals surface area (Å²) in [6.45, 7) is 1.74. The van der Waals surface area contributed by atoms with Crippen molar-refractivity contribution in [3.8, 4) is 0 Å². The molecule has 2 rings (SSSR count). The van der Waals surface area contributed by atoms with Gasteiger partial charge in [-0.25, -0.2) is 0 Å². The lowest BCUT2D eigenvalue weighted by molar-refractivity contribution is -0.127. The van der Waals surface area contributed by atoms with Crippen LogP contribution >= 0.6 is 0 Å². The van der Waals surface area contributed by atoms with Gasteiger partial charge in [0, 0.05) is 52.0 Å². The van der Waals surface area contributed by atoms with Crippen molar-refractivity contribution in [1.82, 2.24) is 15.1 Å². The van der Waals surface area contributed by atoms with Crippen LogP contribution in [0.2, 0.25) is 0 Å². The Balaban J connectivity index is 2.15. The van der Waals surface area contributed by atoms with Crippen LogP contribution in [0.4, 0.5) is 5.69 Å². The monoisotopic (exact) mass is 304 g/mol. The number of benzene rings is 1. The Morgan fingerprint density at radius 2 is 2.00 bits per heavy atom. The summed E-state index contributed by atoms with van der Waals surface area (Å²) in [5.74, 6) is -0.0762. The van der Waals surface area contributed by atoms with Crippen molar-refractivity contribution in [1.29, 1.82) is 0 Å². The summed E-state index contributed by atoms with van der Waals surface area (Å²) in [6, 6.07) is 7.26. The highest BCUT2D eigenvalue weighted by atomic mass is 16.2. The molecule has 0 bridgehead atoms. The lowest BCUT2D eigenvalue weighted by atomic mass is 10.1. The summed E-state index contributed by atoms with van der Waals surface area (Å²) in [4.78, 5) is 30.3. The number of carbonyl (C=O) groups is 2. The molecule has 1 saturated heterocycles. The fourth-order valence-corrected chi connectivity index (χ4v) is 2.61. The Morgan fingerprint density at radius 3 is 2.64 bits per heavy atom. The summed E-state index contributed by atoms with van der Waals surface area (Å²) in [5, 5.41) is 2.66. The maximum absolute atomic E-state index is 12.7. The van der Waals surface area contributed by atoms with E-state index in [2.05, 4.69) is 5.32 Å². The van der Waals surface area contributed by atoms with E-state index in [0.29, 0.717) is 25.2 Å². The van der Waals surface area contributed by atoms with Gasteiger partial charge >= 0.3 is 0 Å². The molecular formula is C16H24N4O2. The van der Waals surface area contributed by atoms with Gasteiger partial charge in [0.05, 0.1) is 0 Å². The number of amides is 2. The van der Waals surface area contributed by atoms with Gasteiger partial charge in [0.15, 0.2) is 0 Å². The molecular weight excluding hydrogens is 280 g/mol. The van der Waals surface area contributed by atoms with E-state index in [0.717, 1.165) is 5.69 Å². The number of hydrogen-bond acceptors (Lipinski definition) is 4. The van der Waals surface area contributed by atoms with Crippen LogP contribution in [0.3, 0.4) is 0 Å². The summed E-state index contributed by atoms with van der Waals surface area (Å²) in [6.07, 6.45) is 0. The molecule has 120 valence electrons. The highest BCUT2D eigenvalue weighted by Crippen LogP contribution is 2.17. The Hall–Kier alpha value is -2.08. The molecule has 0 spiro atoms. The number of rotatable bonds is 3. The van der Waals surface area contributed by atoms with Gasteiger partial charge in [-0.1, -0.05) is 6.07 Å². The standard InChI is InChI=1S/C16H24N4O2/c1-17-15(21)14-11-20(9-8-19(14)4)16(22)12-6-5-7-13(10-12)18(2)3/h5-7,10,14H,8-9,11H2,1-4H3,(H,17,21)/t14-/m0/s1. The van der Waals surface area contributed by atoms with Crippen LogP contribution in [0, 0.1) is 0 Å². The molecule has 0 saturated carbocycles. The molecule has 1 atom stereocenters. The third-order valence-electron chi connectivity index (χ3n) is 4.09. The van der Waals surface area contributed by atoms with Crippen LogP contribution in [0.25, 0.3) is 0 Å². The maximum Gasteiger partial charge on any atom is 0.254 e. The Labute approximate surface area is 131 Å². The van der Waals surface area contributed by atoms with Gasteiger partial charge in [-0.15, -0.1) is 0 Å². The van der Waals surface area contributed by atoms with Crippen molar-refractivity contribution in [2.45, 2.75) is 6.04 Å². The average Bonchev–Trinajstić information content (AvgIpc) is 2.54. The number of piperazine rings is 1. The highest BCUT2D eigenvalue weighted by Gasteiger charge is 2.32. The molecule has 6 heteroatoms. The van der Waals surface area contributed by atoms with E-state index in [4.69, 9.17) is 0 Å². The normalized spacial score (nSPS) is 18.9. The molecule has 1 fully saturated rings. The number of nitrogens with one attached hydrogen (secondary N) is 1. The van der Waals surface area contributed by atoms with Gasteiger partial charge < -0.3 is 15.1 Å². The van der Waals surface area contributed by atoms with E-state index in [9.17, 15) is 9.59 Å². The third-order valence-corrected chi connectivity index (χ3v) is 4.09. The quantitative estimate of drug-likeness (QED) is 0.870. The van der Waals surface area contributed by atoms with Crippen LogP contribution in [-0.4, -0.2) is 75.5 Å². The molecule has 2 amide bonds. The van der Waals surface area contributed by atoms with Crippen molar-refractivity contribution >= 4 is 17.5 Å². The van der Waals surface area contributed by atoms with E-state index < -0.39 is 0 Å². The summed E-state index contributed by atoms with van der Waals surface area (Å²) in [7, 11) is 7.42. The zero-order valence-electron chi connectivity index (χ0n) is 13.7. The van der Waals surface area contributed by atoms with Crippen molar-refractivity contribution in [3.63, 3.8) is 0 Å². The van der Waals surface area contributed by atoms with E-state index in [1.807, 2.05) is 55.2 Å². The van der Waals surface area contributed by atoms with Crippen molar-refractivity contribution in [2.24, 2.45) is 0 Å². The fraction of sp³-hybridized carbons (Fsp3) is 0.500. The Morgan fingerprint density at radius 1 is 1.27 bits per heavy atom. The number of anilines is 1. The molecule has 0 unspecified atom stereocenters. The molecule has 1 aromatic rings. The van der Waals surface area contributed by atoms with Crippen LogP contribution in [0.5, 0.6) is 0 Å². The molecule has 1 aromatic carbocycles. The van der Waals surface area contributed by atoms with Crippen LogP contribution in [-0.2, 0) is 4.79 Å². The summed E-state index contributed by atoms with van der Waals surface area (Å²) in [5.41, 5.74) is 1.65. The first-order valence-corrected chi connectivity index (χ1v) is 7.42. The molecule has 1 aliphatic rings. The maximum atomic E-state index is 12.7. The van der Waals surface area contributed by atoms with E-state index >= 15 is 0 Å². The predicted octanol–water partition coefficient (Wildman–Crippen LogP) is 0.255. The minimum Gasteiger partial charge on any atom is -0.378 e. The number of carbonyl (C=O) groups excluding carboxylic acids is 2. The third kappa shape index (κ3) is 3.39. The molecule has 1 N–H and O–H groups in total. The first kappa shape index (κ1) is 16.3.